The van der Waals surface area contributed by atoms with Crippen molar-refractivity contribution < 1.29 is 8.42 Å². The third kappa shape index (κ3) is 14.2. The third-order valence-corrected chi connectivity index (χ3v) is 3.27. The van der Waals surface area contributed by atoms with Crippen molar-refractivity contribution in [3.05, 3.63) is 0 Å². The minimum absolute atomic E-state index is 0.524. The molecule has 15 heavy (non-hydrogen) atoms. The van der Waals surface area contributed by atoms with E-state index >= 15 is 0 Å². The highest BCUT2D eigenvalue weighted by atomic mass is 32.2. The highest BCUT2D eigenvalue weighted by Gasteiger charge is 1.97. The molecule has 0 unspecified atom stereocenters. The van der Waals surface area contributed by atoms with Gasteiger partial charge in [-0.05, 0) is 44.4 Å². The van der Waals surface area contributed by atoms with E-state index < -0.39 is 10.0 Å². The standard InChI is InChI=1S/C9H22N2O2S2/c1-14-9-4-3-6-10-7-5-8-11-15(2,12)13/h10-11H,3-9H2,1-2H3. The fourth-order valence-corrected chi connectivity index (χ4v) is 2.10. The Balaban J connectivity index is 3.06. The minimum Gasteiger partial charge on any atom is -0.317 e. The fraction of sp³-hybridized carbons (Fsp3) is 1.00. The summed E-state index contributed by atoms with van der Waals surface area (Å²) in [6.07, 6.45) is 6.58. The van der Waals surface area contributed by atoms with Crippen LogP contribution in [0.4, 0.5) is 0 Å². The second-order valence-electron chi connectivity index (χ2n) is 3.47. The van der Waals surface area contributed by atoms with Gasteiger partial charge in [0.05, 0.1) is 6.26 Å². The van der Waals surface area contributed by atoms with Gasteiger partial charge in [-0.25, -0.2) is 13.1 Å². The Labute approximate surface area is 97.6 Å². The van der Waals surface area contributed by atoms with Gasteiger partial charge in [-0.1, -0.05) is 0 Å². The average Bonchev–Trinajstić information content (AvgIpc) is 2.14. The lowest BCUT2D eigenvalue weighted by atomic mass is 10.3. The molecule has 0 amide bonds. The molecule has 0 saturated heterocycles. The van der Waals surface area contributed by atoms with Crippen LogP contribution in [0.5, 0.6) is 0 Å². The molecule has 0 radical (unpaired) electrons. The van der Waals surface area contributed by atoms with Crippen molar-refractivity contribution in [3.63, 3.8) is 0 Å². The van der Waals surface area contributed by atoms with Gasteiger partial charge in [-0.15, -0.1) is 0 Å². The van der Waals surface area contributed by atoms with Crippen molar-refractivity contribution >= 4 is 21.8 Å². The summed E-state index contributed by atoms with van der Waals surface area (Å²) < 4.78 is 23.9. The molecule has 0 heterocycles. The maximum atomic E-state index is 10.7. The Morgan fingerprint density at radius 3 is 2.33 bits per heavy atom. The quantitative estimate of drug-likeness (QED) is 0.562. The van der Waals surface area contributed by atoms with E-state index in [0.29, 0.717) is 6.54 Å². The Bertz CT molecular complexity index is 230. The summed E-state index contributed by atoms with van der Waals surface area (Å²) in [4.78, 5) is 0. The summed E-state index contributed by atoms with van der Waals surface area (Å²) in [5.41, 5.74) is 0. The van der Waals surface area contributed by atoms with Gasteiger partial charge in [-0.3, -0.25) is 0 Å². The Morgan fingerprint density at radius 1 is 1.07 bits per heavy atom. The molecule has 4 nitrogen and oxygen atoms in total. The third-order valence-electron chi connectivity index (χ3n) is 1.85. The maximum absolute atomic E-state index is 10.7. The summed E-state index contributed by atoms with van der Waals surface area (Å²) in [7, 11) is -3.01. The molecule has 6 heteroatoms. The molecule has 0 spiro atoms. The molecule has 0 aromatic rings. The first-order chi connectivity index (χ1) is 7.06. The van der Waals surface area contributed by atoms with Crippen LogP contribution < -0.4 is 10.0 Å². The first kappa shape index (κ1) is 15.2. The van der Waals surface area contributed by atoms with Crippen molar-refractivity contribution in [2.24, 2.45) is 0 Å². The molecule has 0 aromatic carbocycles. The molecule has 0 saturated carbocycles. The van der Waals surface area contributed by atoms with Gasteiger partial charge in [0.1, 0.15) is 0 Å². The maximum Gasteiger partial charge on any atom is 0.208 e. The molecule has 0 atom stereocenters. The molecule has 0 aliphatic carbocycles. The average molecular weight is 254 g/mol. The second-order valence-corrected chi connectivity index (χ2v) is 6.29. The number of nitrogens with one attached hydrogen (secondary N) is 2. The molecule has 0 aliphatic heterocycles. The van der Waals surface area contributed by atoms with Crippen molar-refractivity contribution in [3.8, 4) is 0 Å². The van der Waals surface area contributed by atoms with E-state index in [1.807, 2.05) is 11.8 Å². The van der Waals surface area contributed by atoms with Crippen molar-refractivity contribution in [2.75, 3.05) is 37.9 Å². The summed E-state index contributed by atoms with van der Waals surface area (Å²) in [6.45, 7) is 2.43. The van der Waals surface area contributed by atoms with Crippen molar-refractivity contribution in [2.45, 2.75) is 19.3 Å². The van der Waals surface area contributed by atoms with Gasteiger partial charge < -0.3 is 5.32 Å². The summed E-state index contributed by atoms with van der Waals surface area (Å²) >= 11 is 1.87. The van der Waals surface area contributed by atoms with Crippen LogP contribution in [0.25, 0.3) is 0 Å². The largest absolute Gasteiger partial charge is 0.317 e. The summed E-state index contributed by atoms with van der Waals surface area (Å²) in [5.74, 6) is 1.22. The number of thioether (sulfide) groups is 1. The Hall–Kier alpha value is 0.220. The van der Waals surface area contributed by atoms with Crippen LogP contribution in [0, 0.1) is 0 Å². The van der Waals surface area contributed by atoms with Gasteiger partial charge in [0.15, 0.2) is 0 Å². The van der Waals surface area contributed by atoms with Crippen LogP contribution in [0.1, 0.15) is 19.3 Å². The molecular formula is C9H22N2O2S2. The topological polar surface area (TPSA) is 58.2 Å². The molecular weight excluding hydrogens is 232 g/mol. The van der Waals surface area contributed by atoms with E-state index in [-0.39, 0.29) is 0 Å². The second kappa shape index (κ2) is 9.45. The highest BCUT2D eigenvalue weighted by molar-refractivity contribution is 7.98. The number of sulfonamides is 1. The monoisotopic (exact) mass is 254 g/mol. The van der Waals surface area contributed by atoms with Gasteiger partial charge >= 0.3 is 0 Å². The lowest BCUT2D eigenvalue weighted by Crippen LogP contribution is -2.26. The van der Waals surface area contributed by atoms with E-state index in [1.165, 1.54) is 24.9 Å². The van der Waals surface area contributed by atoms with E-state index in [1.54, 1.807) is 0 Å². The van der Waals surface area contributed by atoms with Gasteiger partial charge in [-0.2, -0.15) is 11.8 Å². The van der Waals surface area contributed by atoms with Gasteiger partial charge in [0.2, 0.25) is 10.0 Å². The zero-order valence-corrected chi connectivity index (χ0v) is 11.2. The predicted octanol–water partition coefficient (Wildman–Crippen LogP) is 0.659. The van der Waals surface area contributed by atoms with Gasteiger partial charge in [0.25, 0.3) is 0 Å². The SMILES string of the molecule is CSCCCCNCCCNS(C)(=O)=O. The predicted molar refractivity (Wildman–Crippen MR) is 67.9 cm³/mol. The van der Waals surface area contributed by atoms with Crippen LogP contribution in [0.3, 0.4) is 0 Å². The first-order valence-electron chi connectivity index (χ1n) is 5.20. The van der Waals surface area contributed by atoms with Gasteiger partial charge in [0, 0.05) is 6.54 Å². The minimum atomic E-state index is -3.01. The highest BCUT2D eigenvalue weighted by Crippen LogP contribution is 1.97. The zero-order valence-electron chi connectivity index (χ0n) is 9.58. The number of hydrogen-bond donors (Lipinski definition) is 2. The zero-order chi connectivity index (χ0) is 11.6. The van der Waals surface area contributed by atoms with Crippen LogP contribution in [-0.4, -0.2) is 46.3 Å². The molecule has 2 N–H and O–H groups in total. The van der Waals surface area contributed by atoms with Crippen LogP contribution in [0.15, 0.2) is 0 Å². The lowest BCUT2D eigenvalue weighted by molar-refractivity contribution is 0.576. The Morgan fingerprint density at radius 2 is 1.73 bits per heavy atom. The normalized spacial score (nSPS) is 11.9. The molecule has 92 valence electrons. The van der Waals surface area contributed by atoms with Crippen molar-refractivity contribution in [1.29, 1.82) is 0 Å². The van der Waals surface area contributed by atoms with Crippen molar-refractivity contribution in [1.82, 2.24) is 10.0 Å². The molecule has 0 bridgehead atoms. The van der Waals surface area contributed by atoms with E-state index in [0.717, 1.165) is 19.5 Å². The van der Waals surface area contributed by atoms with Crippen LogP contribution >= 0.6 is 11.8 Å². The Kier molecular flexibility index (Phi) is 9.58. The lowest BCUT2D eigenvalue weighted by Gasteiger charge is -2.04. The molecule has 0 aromatic heterocycles. The number of unbranched alkanes of at least 4 members (excludes halogenated alkanes) is 1. The molecule has 0 rings (SSSR count). The van der Waals surface area contributed by atoms with E-state index in [4.69, 9.17) is 0 Å². The van der Waals surface area contributed by atoms with E-state index in [2.05, 4.69) is 16.3 Å². The number of rotatable bonds is 10. The molecule has 0 fully saturated rings. The first-order valence-corrected chi connectivity index (χ1v) is 8.49. The summed E-state index contributed by atoms with van der Waals surface area (Å²) in [5, 5.41) is 3.29. The smallest absolute Gasteiger partial charge is 0.208 e. The fourth-order valence-electron chi connectivity index (χ4n) is 1.09. The molecule has 0 aliphatic rings. The summed E-state index contributed by atoms with van der Waals surface area (Å²) in [6, 6.07) is 0. The number of hydrogen-bond acceptors (Lipinski definition) is 4. The van der Waals surface area contributed by atoms with Crippen LogP contribution in [-0.2, 0) is 10.0 Å². The van der Waals surface area contributed by atoms with E-state index in [9.17, 15) is 8.42 Å². The van der Waals surface area contributed by atoms with Crippen LogP contribution in [0.2, 0.25) is 0 Å².